The molecule has 4 amide bonds. The molecule has 1 saturated heterocycles. The summed E-state index contributed by atoms with van der Waals surface area (Å²) < 4.78 is 0. The van der Waals surface area contributed by atoms with Crippen LogP contribution in [0.1, 0.15) is 31.2 Å². The molecule has 4 atom stereocenters. The van der Waals surface area contributed by atoms with Crippen molar-refractivity contribution in [3.63, 3.8) is 0 Å². The number of carboxylic acid groups (broad SMARTS) is 1. The van der Waals surface area contributed by atoms with Gasteiger partial charge >= 0.3 is 5.97 Å². The largest absolute Gasteiger partial charge is 0.480 e. The zero-order valence-corrected chi connectivity index (χ0v) is 19.6. The quantitative estimate of drug-likeness (QED) is 0.197. The number of benzene rings is 1. The summed E-state index contributed by atoms with van der Waals surface area (Å²) in [4.78, 5) is 62.2. The maximum atomic E-state index is 13.1. The summed E-state index contributed by atoms with van der Waals surface area (Å²) in [7, 11) is 0. The third-order valence-corrected chi connectivity index (χ3v) is 5.94. The Morgan fingerprint density at radius 3 is 2.38 bits per heavy atom. The molecule has 12 heteroatoms. The van der Waals surface area contributed by atoms with Crippen LogP contribution in [0.5, 0.6) is 0 Å². The van der Waals surface area contributed by atoms with Crippen LogP contribution in [0, 0.1) is 0 Å². The van der Waals surface area contributed by atoms with Gasteiger partial charge in [-0.15, -0.1) is 0 Å². The van der Waals surface area contributed by atoms with Crippen molar-refractivity contribution in [3.8, 4) is 0 Å². The number of thiol groups is 1. The van der Waals surface area contributed by atoms with E-state index < -0.39 is 53.8 Å². The molecule has 1 aliphatic rings. The highest BCUT2D eigenvalue weighted by atomic mass is 32.1. The van der Waals surface area contributed by atoms with Crippen LogP contribution in [0.15, 0.2) is 30.3 Å². The summed E-state index contributed by atoms with van der Waals surface area (Å²) in [6.07, 6.45) is 0.963. The van der Waals surface area contributed by atoms with Crippen LogP contribution in [0.2, 0.25) is 0 Å². The molecule has 2 rings (SSSR count). The van der Waals surface area contributed by atoms with E-state index in [2.05, 4.69) is 23.3 Å². The topological polar surface area (TPSA) is 185 Å². The van der Waals surface area contributed by atoms with Gasteiger partial charge in [0.15, 0.2) is 0 Å². The van der Waals surface area contributed by atoms with E-state index in [1.807, 2.05) is 0 Å². The smallest absolute Gasteiger partial charge is 0.326 e. The molecule has 1 heterocycles. The molecule has 0 saturated carbocycles. The van der Waals surface area contributed by atoms with Crippen LogP contribution in [0.4, 0.5) is 0 Å². The fraction of sp³-hybridized carbons (Fsp3) is 0.500. The minimum atomic E-state index is -1.18. The molecule has 34 heavy (non-hydrogen) atoms. The predicted molar refractivity (Wildman–Crippen MR) is 127 cm³/mol. The Morgan fingerprint density at radius 2 is 1.79 bits per heavy atom. The minimum Gasteiger partial charge on any atom is -0.480 e. The molecule has 0 aliphatic carbocycles. The van der Waals surface area contributed by atoms with Crippen LogP contribution in [-0.2, 0) is 30.4 Å². The summed E-state index contributed by atoms with van der Waals surface area (Å²) >= 11 is 4.14. The number of carbonyl (C=O) groups is 5. The molecule has 1 aromatic carbocycles. The van der Waals surface area contributed by atoms with E-state index >= 15 is 0 Å². The van der Waals surface area contributed by atoms with Crippen molar-refractivity contribution in [3.05, 3.63) is 35.9 Å². The highest BCUT2D eigenvalue weighted by Crippen LogP contribution is 2.19. The summed E-state index contributed by atoms with van der Waals surface area (Å²) in [5.41, 5.74) is 11.6. The molecule has 1 aromatic rings. The SMILES string of the molecule is NC(=O)CCC(N)C(=O)NC(CS)C(=O)N1CCCC1C(=O)NC(Cc1ccccc1)C(=O)O. The average Bonchev–Trinajstić information content (AvgIpc) is 3.30. The number of hydrogen-bond donors (Lipinski definition) is 6. The Labute approximate surface area is 203 Å². The van der Waals surface area contributed by atoms with Gasteiger partial charge in [-0.3, -0.25) is 19.2 Å². The van der Waals surface area contributed by atoms with Gasteiger partial charge in [-0.25, -0.2) is 4.79 Å². The van der Waals surface area contributed by atoms with Crippen molar-refractivity contribution in [2.24, 2.45) is 11.5 Å². The van der Waals surface area contributed by atoms with E-state index in [9.17, 15) is 29.1 Å². The second-order valence-electron chi connectivity index (χ2n) is 8.13. The fourth-order valence-electron chi connectivity index (χ4n) is 3.71. The van der Waals surface area contributed by atoms with Crippen molar-refractivity contribution in [1.29, 1.82) is 0 Å². The highest BCUT2D eigenvalue weighted by molar-refractivity contribution is 7.80. The lowest BCUT2D eigenvalue weighted by atomic mass is 10.1. The predicted octanol–water partition coefficient (Wildman–Crippen LogP) is -1.20. The van der Waals surface area contributed by atoms with Crippen molar-refractivity contribution in [2.75, 3.05) is 12.3 Å². The molecule has 1 aliphatic heterocycles. The fourth-order valence-corrected chi connectivity index (χ4v) is 3.96. The molecule has 0 bridgehead atoms. The Kier molecular flexibility index (Phi) is 10.3. The number of carboxylic acids is 1. The lowest BCUT2D eigenvalue weighted by Crippen LogP contribution is -2.57. The van der Waals surface area contributed by atoms with E-state index in [1.165, 1.54) is 4.90 Å². The van der Waals surface area contributed by atoms with Crippen molar-refractivity contribution in [1.82, 2.24) is 15.5 Å². The minimum absolute atomic E-state index is 0.0292. The van der Waals surface area contributed by atoms with Gasteiger partial charge in [-0.1, -0.05) is 30.3 Å². The van der Waals surface area contributed by atoms with Crippen LogP contribution in [0.25, 0.3) is 0 Å². The normalized spacial score (nSPS) is 17.9. The first-order chi connectivity index (χ1) is 16.1. The zero-order chi connectivity index (χ0) is 25.3. The lowest BCUT2D eigenvalue weighted by molar-refractivity contribution is -0.144. The van der Waals surface area contributed by atoms with Gasteiger partial charge in [0.2, 0.25) is 23.6 Å². The third kappa shape index (κ3) is 7.73. The molecule has 4 unspecified atom stereocenters. The number of amides is 4. The Hall–Kier alpha value is -3.12. The third-order valence-electron chi connectivity index (χ3n) is 5.57. The van der Waals surface area contributed by atoms with Crippen LogP contribution in [0.3, 0.4) is 0 Å². The average molecular weight is 494 g/mol. The first-order valence-electron chi connectivity index (χ1n) is 11.0. The van der Waals surface area contributed by atoms with Crippen molar-refractivity contribution in [2.45, 2.75) is 56.3 Å². The van der Waals surface area contributed by atoms with Crippen LogP contribution >= 0.6 is 12.6 Å². The molecule has 0 radical (unpaired) electrons. The molecule has 7 N–H and O–H groups in total. The van der Waals surface area contributed by atoms with Gasteiger partial charge in [-0.2, -0.15) is 12.6 Å². The number of rotatable bonds is 12. The number of primary amides is 1. The number of nitrogens with two attached hydrogens (primary N) is 2. The zero-order valence-electron chi connectivity index (χ0n) is 18.7. The Balaban J connectivity index is 2.02. The standard InChI is InChI=1S/C22H31N5O6S/c23-14(8-9-18(24)28)19(29)26-16(12-34)21(31)27-10-4-7-17(27)20(30)25-15(22(32)33)11-13-5-2-1-3-6-13/h1-3,5-6,14-17,34H,4,7-12,23H2,(H2,24,28)(H,25,30)(H,26,29)(H,32,33). The van der Waals surface area contributed by atoms with Gasteiger partial charge < -0.3 is 32.1 Å². The Bertz CT molecular complexity index is 899. The number of nitrogens with one attached hydrogen (secondary N) is 2. The number of aliphatic carboxylic acids is 1. The summed E-state index contributed by atoms with van der Waals surface area (Å²) in [6, 6.07) is 4.80. The number of hydrogen-bond acceptors (Lipinski definition) is 7. The monoisotopic (exact) mass is 493 g/mol. The summed E-state index contributed by atoms with van der Waals surface area (Å²) in [5, 5.41) is 14.6. The lowest BCUT2D eigenvalue weighted by Gasteiger charge is -2.29. The summed E-state index contributed by atoms with van der Waals surface area (Å²) in [6.45, 7) is 0.279. The number of carbonyl (C=O) groups excluding carboxylic acids is 4. The molecule has 1 fully saturated rings. The van der Waals surface area contributed by atoms with Crippen molar-refractivity contribution < 1.29 is 29.1 Å². The van der Waals surface area contributed by atoms with Gasteiger partial charge in [0.25, 0.3) is 0 Å². The summed E-state index contributed by atoms with van der Waals surface area (Å²) in [5.74, 6) is -3.54. The van der Waals surface area contributed by atoms with Crippen LogP contribution in [-0.4, -0.2) is 76.1 Å². The van der Waals surface area contributed by atoms with E-state index in [1.54, 1.807) is 30.3 Å². The van der Waals surface area contributed by atoms with Gasteiger partial charge in [-0.05, 0) is 24.8 Å². The van der Waals surface area contributed by atoms with Gasteiger partial charge in [0.1, 0.15) is 18.1 Å². The van der Waals surface area contributed by atoms with E-state index in [0.29, 0.717) is 12.8 Å². The molecule has 0 aromatic heterocycles. The van der Waals surface area contributed by atoms with Crippen LogP contribution < -0.4 is 22.1 Å². The molecule has 0 spiro atoms. The molecule has 11 nitrogen and oxygen atoms in total. The highest BCUT2D eigenvalue weighted by Gasteiger charge is 2.38. The molecular formula is C22H31N5O6S. The number of likely N-dealkylation sites (tertiary alicyclic amines) is 1. The maximum Gasteiger partial charge on any atom is 0.326 e. The second-order valence-corrected chi connectivity index (χ2v) is 8.50. The van der Waals surface area contributed by atoms with E-state index in [-0.39, 0.29) is 31.6 Å². The van der Waals surface area contributed by atoms with E-state index in [0.717, 1.165) is 5.56 Å². The Morgan fingerprint density at radius 1 is 1.12 bits per heavy atom. The maximum absolute atomic E-state index is 13.1. The first kappa shape index (κ1) is 27.1. The van der Waals surface area contributed by atoms with Gasteiger partial charge in [0, 0.05) is 25.1 Å². The van der Waals surface area contributed by atoms with E-state index in [4.69, 9.17) is 11.5 Å². The van der Waals surface area contributed by atoms with Crippen molar-refractivity contribution >= 4 is 42.2 Å². The van der Waals surface area contributed by atoms with Gasteiger partial charge in [0.05, 0.1) is 6.04 Å². The molecular weight excluding hydrogens is 462 g/mol. The molecule has 186 valence electrons. The first-order valence-corrected chi connectivity index (χ1v) is 11.6. The second kappa shape index (κ2) is 12.9. The number of nitrogens with zero attached hydrogens (tertiary/aromatic N) is 1.